The van der Waals surface area contributed by atoms with Crippen LogP contribution in [0.3, 0.4) is 0 Å². The number of nitrogens with one attached hydrogen (secondary N) is 1. The fraction of sp³-hybridized carbons (Fsp3) is 0.292. The molecule has 1 amide bonds. The highest BCUT2D eigenvalue weighted by molar-refractivity contribution is 5.91. The zero-order valence-electron chi connectivity index (χ0n) is 17.3. The van der Waals surface area contributed by atoms with E-state index < -0.39 is 0 Å². The minimum atomic E-state index is -0.204. The Morgan fingerprint density at radius 2 is 1.94 bits per heavy atom. The Morgan fingerprint density at radius 3 is 2.87 bits per heavy atom. The molecular formula is C24H25N5O2. The van der Waals surface area contributed by atoms with Crippen LogP contribution in [0, 0.1) is 0 Å². The Morgan fingerprint density at radius 1 is 1.10 bits per heavy atom. The summed E-state index contributed by atoms with van der Waals surface area (Å²) in [4.78, 5) is 19.1. The van der Waals surface area contributed by atoms with Crippen LogP contribution in [0.2, 0.25) is 0 Å². The van der Waals surface area contributed by atoms with Gasteiger partial charge in [0.1, 0.15) is 6.26 Å². The molecule has 1 aliphatic rings. The summed E-state index contributed by atoms with van der Waals surface area (Å²) in [6, 6.07) is 16.6. The van der Waals surface area contributed by atoms with Crippen LogP contribution in [0.1, 0.15) is 33.9 Å². The maximum Gasteiger partial charge on any atom is 0.273 e. The van der Waals surface area contributed by atoms with Crippen LogP contribution in [0.5, 0.6) is 0 Å². The second-order valence-electron chi connectivity index (χ2n) is 7.89. The smallest absolute Gasteiger partial charge is 0.273 e. The van der Waals surface area contributed by atoms with E-state index in [1.807, 2.05) is 29.1 Å². The van der Waals surface area contributed by atoms with Gasteiger partial charge in [0.05, 0.1) is 18.3 Å². The summed E-state index contributed by atoms with van der Waals surface area (Å²) in [5, 5.41) is 8.46. The molecule has 2 aromatic carbocycles. The minimum Gasteiger partial charge on any atom is -0.447 e. The predicted octanol–water partition coefficient (Wildman–Crippen LogP) is 3.40. The number of aromatic nitrogens is 3. The standard InChI is InChI=1S/C24H25N5O2/c30-24(25-11-5-12-29-22-9-4-3-7-19(22)14-26-29)21-17-31-23(27-21)16-28-13-10-18-6-1-2-8-20(18)15-28/h1-4,6-9,14,17H,5,10-13,15-16H2,(H,25,30). The van der Waals surface area contributed by atoms with Gasteiger partial charge in [-0.15, -0.1) is 0 Å². The van der Waals surface area contributed by atoms with E-state index in [9.17, 15) is 4.79 Å². The molecule has 2 aromatic heterocycles. The Bertz CT molecular complexity index is 1200. The number of aryl methyl sites for hydroxylation is 1. The lowest BCUT2D eigenvalue weighted by Gasteiger charge is -2.27. The van der Waals surface area contributed by atoms with Crippen molar-refractivity contribution in [3.63, 3.8) is 0 Å². The summed E-state index contributed by atoms with van der Waals surface area (Å²) >= 11 is 0. The van der Waals surface area contributed by atoms with E-state index in [1.165, 1.54) is 17.4 Å². The number of carbonyl (C=O) groups is 1. The molecule has 0 aliphatic carbocycles. The van der Waals surface area contributed by atoms with Gasteiger partial charge in [0, 0.05) is 31.6 Å². The van der Waals surface area contributed by atoms with Gasteiger partial charge in [0.2, 0.25) is 5.89 Å². The lowest BCUT2D eigenvalue weighted by Crippen LogP contribution is -2.30. The molecular weight excluding hydrogens is 390 g/mol. The first-order valence-electron chi connectivity index (χ1n) is 10.7. The molecule has 7 nitrogen and oxygen atoms in total. The van der Waals surface area contributed by atoms with Crippen molar-refractivity contribution < 1.29 is 9.21 Å². The normalized spacial score (nSPS) is 13.9. The van der Waals surface area contributed by atoms with Gasteiger partial charge in [0.15, 0.2) is 5.69 Å². The summed E-state index contributed by atoms with van der Waals surface area (Å²) < 4.78 is 7.53. The lowest BCUT2D eigenvalue weighted by atomic mass is 10.00. The van der Waals surface area contributed by atoms with Crippen LogP contribution in [0.4, 0.5) is 0 Å². The van der Waals surface area contributed by atoms with Crippen molar-refractivity contribution in [2.45, 2.75) is 32.5 Å². The first kappa shape index (κ1) is 19.5. The maximum absolute atomic E-state index is 12.4. The summed E-state index contributed by atoms with van der Waals surface area (Å²) in [5.41, 5.74) is 4.20. The summed E-state index contributed by atoms with van der Waals surface area (Å²) in [5.74, 6) is 0.372. The van der Waals surface area contributed by atoms with Crippen molar-refractivity contribution in [2.75, 3.05) is 13.1 Å². The Hall–Kier alpha value is -3.45. The van der Waals surface area contributed by atoms with Crippen LogP contribution < -0.4 is 5.32 Å². The lowest BCUT2D eigenvalue weighted by molar-refractivity contribution is 0.0947. The minimum absolute atomic E-state index is 0.204. The molecule has 0 saturated carbocycles. The molecule has 0 atom stereocenters. The number of oxazole rings is 1. The van der Waals surface area contributed by atoms with Gasteiger partial charge in [-0.25, -0.2) is 4.98 Å². The first-order chi connectivity index (χ1) is 15.3. The molecule has 0 unspecified atom stereocenters. The highest BCUT2D eigenvalue weighted by atomic mass is 16.3. The Balaban J connectivity index is 1.10. The van der Waals surface area contributed by atoms with Gasteiger partial charge < -0.3 is 9.73 Å². The highest BCUT2D eigenvalue weighted by Gasteiger charge is 2.19. The van der Waals surface area contributed by atoms with Gasteiger partial charge in [-0.05, 0) is 30.0 Å². The first-order valence-corrected chi connectivity index (χ1v) is 10.7. The third kappa shape index (κ3) is 4.36. The van der Waals surface area contributed by atoms with E-state index >= 15 is 0 Å². The van der Waals surface area contributed by atoms with Gasteiger partial charge in [-0.3, -0.25) is 14.4 Å². The Kier molecular flexibility index (Phi) is 5.50. The molecule has 158 valence electrons. The van der Waals surface area contributed by atoms with Gasteiger partial charge >= 0.3 is 0 Å². The van der Waals surface area contributed by atoms with Crippen LogP contribution in [0.15, 0.2) is 65.4 Å². The molecule has 0 bridgehead atoms. The fourth-order valence-corrected chi connectivity index (χ4v) is 4.09. The summed E-state index contributed by atoms with van der Waals surface area (Å²) in [7, 11) is 0. The van der Waals surface area contributed by atoms with Gasteiger partial charge in [-0.2, -0.15) is 5.10 Å². The molecule has 5 rings (SSSR count). The molecule has 0 spiro atoms. The highest BCUT2D eigenvalue weighted by Crippen LogP contribution is 2.20. The van der Waals surface area contributed by atoms with E-state index in [2.05, 4.69) is 50.6 Å². The second-order valence-corrected chi connectivity index (χ2v) is 7.89. The van der Waals surface area contributed by atoms with E-state index in [1.54, 1.807) is 0 Å². The van der Waals surface area contributed by atoms with Crippen molar-refractivity contribution in [1.29, 1.82) is 0 Å². The van der Waals surface area contributed by atoms with E-state index in [0.717, 1.165) is 43.4 Å². The SMILES string of the molecule is O=C(NCCCn1ncc2ccccc21)c1coc(CN2CCc3ccccc3C2)n1. The third-order valence-corrected chi connectivity index (χ3v) is 5.74. The topological polar surface area (TPSA) is 76.2 Å². The number of nitrogens with zero attached hydrogens (tertiary/aromatic N) is 4. The van der Waals surface area contributed by atoms with Crippen LogP contribution in [0.25, 0.3) is 10.9 Å². The van der Waals surface area contributed by atoms with E-state index in [4.69, 9.17) is 4.42 Å². The quantitative estimate of drug-likeness (QED) is 0.468. The largest absolute Gasteiger partial charge is 0.447 e. The molecule has 1 aliphatic heterocycles. The summed E-state index contributed by atoms with van der Waals surface area (Å²) in [6.07, 6.45) is 5.13. The predicted molar refractivity (Wildman–Crippen MR) is 117 cm³/mol. The number of para-hydroxylation sites is 1. The molecule has 0 fully saturated rings. The van der Waals surface area contributed by atoms with Crippen LogP contribution in [-0.4, -0.2) is 38.7 Å². The van der Waals surface area contributed by atoms with Gasteiger partial charge in [0.25, 0.3) is 5.91 Å². The third-order valence-electron chi connectivity index (χ3n) is 5.74. The van der Waals surface area contributed by atoms with Crippen molar-refractivity contribution in [3.8, 4) is 0 Å². The number of fused-ring (bicyclic) bond motifs is 2. The number of amides is 1. The van der Waals surface area contributed by atoms with Crippen LogP contribution >= 0.6 is 0 Å². The molecule has 7 heteroatoms. The average Bonchev–Trinajstić information content (AvgIpc) is 3.44. The van der Waals surface area contributed by atoms with Crippen molar-refractivity contribution in [1.82, 2.24) is 25.0 Å². The van der Waals surface area contributed by atoms with Crippen molar-refractivity contribution in [2.24, 2.45) is 0 Å². The van der Waals surface area contributed by atoms with Crippen molar-refractivity contribution in [3.05, 3.63) is 83.7 Å². The Labute approximate surface area is 180 Å². The molecule has 1 N–H and O–H groups in total. The van der Waals surface area contributed by atoms with E-state index in [-0.39, 0.29) is 5.91 Å². The summed E-state index contributed by atoms with van der Waals surface area (Å²) in [6.45, 7) is 3.74. The average molecular weight is 415 g/mol. The molecule has 31 heavy (non-hydrogen) atoms. The monoisotopic (exact) mass is 415 g/mol. The molecule has 3 heterocycles. The molecule has 0 radical (unpaired) electrons. The molecule has 4 aromatic rings. The number of rotatable bonds is 7. The number of hydrogen-bond donors (Lipinski definition) is 1. The van der Waals surface area contributed by atoms with Crippen molar-refractivity contribution >= 4 is 16.8 Å². The zero-order chi connectivity index (χ0) is 21.0. The zero-order valence-corrected chi connectivity index (χ0v) is 17.3. The maximum atomic E-state index is 12.4. The van der Waals surface area contributed by atoms with Crippen LogP contribution in [-0.2, 0) is 26.1 Å². The number of hydrogen-bond acceptors (Lipinski definition) is 5. The van der Waals surface area contributed by atoms with E-state index in [0.29, 0.717) is 24.7 Å². The number of benzene rings is 2. The fourth-order valence-electron chi connectivity index (χ4n) is 4.09. The van der Waals surface area contributed by atoms with Gasteiger partial charge in [-0.1, -0.05) is 42.5 Å². The number of carbonyl (C=O) groups excluding carboxylic acids is 1. The molecule has 0 saturated heterocycles. The second kappa shape index (κ2) is 8.73.